The molecule has 1 aliphatic heterocycles. The predicted molar refractivity (Wildman–Crippen MR) is 39.9 cm³/mol. The van der Waals surface area contributed by atoms with E-state index in [1.807, 2.05) is 0 Å². The van der Waals surface area contributed by atoms with E-state index in [1.54, 1.807) is 29.8 Å². The summed E-state index contributed by atoms with van der Waals surface area (Å²) in [4.78, 5) is 10.6. The fraction of sp³-hybridized carbons (Fsp3) is 0.800. The first-order valence-corrected chi connectivity index (χ1v) is 3.79. The van der Waals surface area contributed by atoms with Crippen LogP contribution >= 0.6 is 22.9 Å². The van der Waals surface area contributed by atoms with Crippen LogP contribution in [0.5, 0.6) is 0 Å². The van der Waals surface area contributed by atoms with Crippen molar-refractivity contribution < 1.29 is 13.6 Å². The number of alkyl halides is 2. The van der Waals surface area contributed by atoms with Gasteiger partial charge in [-0.1, -0.05) is 0 Å². The summed E-state index contributed by atoms with van der Waals surface area (Å²) in [5.41, 5.74) is 0. The molecule has 10 heavy (non-hydrogen) atoms. The van der Waals surface area contributed by atoms with E-state index in [-0.39, 0.29) is 12.5 Å². The average molecular weight is 261 g/mol. The van der Waals surface area contributed by atoms with Gasteiger partial charge in [0.15, 0.2) is 0 Å². The molecule has 1 aliphatic rings. The number of hydrogen-bond acceptors (Lipinski definition) is 1. The Balaban J connectivity index is 2.82. The Morgan fingerprint density at radius 1 is 1.80 bits per heavy atom. The molecule has 0 saturated carbocycles. The van der Waals surface area contributed by atoms with Gasteiger partial charge < -0.3 is 0 Å². The fourth-order valence-corrected chi connectivity index (χ4v) is 1.44. The van der Waals surface area contributed by atoms with E-state index in [0.29, 0.717) is 0 Å². The summed E-state index contributed by atoms with van der Waals surface area (Å²) in [5, 5.41) is 0. The Hall–Kier alpha value is 0.0600. The van der Waals surface area contributed by atoms with E-state index >= 15 is 0 Å². The van der Waals surface area contributed by atoms with Crippen LogP contribution in [-0.2, 0) is 4.79 Å². The SMILES string of the molecule is C[C@H]1CC(F)(F)C(=O)N1I. The van der Waals surface area contributed by atoms with E-state index in [9.17, 15) is 13.6 Å². The predicted octanol–water partition coefficient (Wildman–Crippen LogP) is 1.59. The maximum Gasteiger partial charge on any atom is 0.327 e. The van der Waals surface area contributed by atoms with Gasteiger partial charge in [0, 0.05) is 12.5 Å². The van der Waals surface area contributed by atoms with Gasteiger partial charge in [-0.25, -0.2) is 0 Å². The van der Waals surface area contributed by atoms with E-state index in [2.05, 4.69) is 0 Å². The molecule has 0 bridgehead atoms. The molecule has 0 spiro atoms. The number of rotatable bonds is 0. The maximum absolute atomic E-state index is 12.4. The average Bonchev–Trinajstić information content (AvgIpc) is 1.95. The second-order valence-corrected chi connectivity index (χ2v) is 3.41. The van der Waals surface area contributed by atoms with Crippen LogP contribution in [0, 0.1) is 0 Å². The van der Waals surface area contributed by atoms with Gasteiger partial charge in [-0.05, 0) is 6.92 Å². The fourth-order valence-electron chi connectivity index (χ4n) is 0.895. The summed E-state index contributed by atoms with van der Waals surface area (Å²) < 4.78 is 25.9. The van der Waals surface area contributed by atoms with Crippen molar-refractivity contribution in [3.8, 4) is 0 Å². The summed E-state index contributed by atoms with van der Waals surface area (Å²) in [6, 6.07) is -0.344. The molecule has 0 aliphatic carbocycles. The molecule has 1 saturated heterocycles. The second-order valence-electron chi connectivity index (χ2n) is 2.37. The molecule has 0 N–H and O–H groups in total. The third-order valence-electron chi connectivity index (χ3n) is 1.45. The van der Waals surface area contributed by atoms with Crippen molar-refractivity contribution >= 4 is 28.8 Å². The molecule has 0 radical (unpaired) electrons. The zero-order valence-electron chi connectivity index (χ0n) is 5.27. The standard InChI is InChI=1S/C5H6F2INO/c1-3-2-5(6,7)4(10)9(3)8/h3H,2H2,1H3/t3-/m0/s1. The molecule has 5 heteroatoms. The van der Waals surface area contributed by atoms with Crippen molar-refractivity contribution in [1.29, 1.82) is 0 Å². The zero-order chi connectivity index (χ0) is 7.94. The molecule has 58 valence electrons. The lowest BCUT2D eigenvalue weighted by Crippen LogP contribution is -2.27. The molecule has 1 rings (SSSR count). The maximum atomic E-state index is 12.4. The molecular weight excluding hydrogens is 255 g/mol. The summed E-state index contributed by atoms with van der Waals surface area (Å²) in [6.07, 6.45) is -0.352. The largest absolute Gasteiger partial charge is 0.327 e. The Kier molecular flexibility index (Phi) is 1.86. The van der Waals surface area contributed by atoms with E-state index in [1.165, 1.54) is 0 Å². The lowest BCUT2D eigenvalue weighted by molar-refractivity contribution is -0.143. The monoisotopic (exact) mass is 261 g/mol. The number of nitrogens with zero attached hydrogens (tertiary/aromatic N) is 1. The number of hydrogen-bond donors (Lipinski definition) is 0. The molecule has 0 aromatic carbocycles. The number of carbonyl (C=O) groups is 1. The molecule has 0 unspecified atom stereocenters. The van der Waals surface area contributed by atoms with Gasteiger partial charge in [0.2, 0.25) is 0 Å². The zero-order valence-corrected chi connectivity index (χ0v) is 7.43. The smallest absolute Gasteiger partial charge is 0.277 e. The summed E-state index contributed by atoms with van der Waals surface area (Å²) in [5.74, 6) is -4.19. The van der Waals surface area contributed by atoms with Crippen molar-refractivity contribution in [3.05, 3.63) is 0 Å². The van der Waals surface area contributed by atoms with Gasteiger partial charge in [-0.15, -0.1) is 0 Å². The van der Waals surface area contributed by atoms with Gasteiger partial charge in [0.1, 0.15) is 0 Å². The highest BCUT2D eigenvalue weighted by Gasteiger charge is 2.51. The first kappa shape index (κ1) is 8.16. The summed E-state index contributed by atoms with van der Waals surface area (Å²) in [7, 11) is 0. The van der Waals surface area contributed by atoms with E-state index in [4.69, 9.17) is 0 Å². The van der Waals surface area contributed by atoms with Crippen LogP contribution in [0.15, 0.2) is 0 Å². The lowest BCUT2D eigenvalue weighted by atomic mass is 10.2. The Bertz CT molecular complexity index is 173. The molecule has 0 aromatic rings. The van der Waals surface area contributed by atoms with Gasteiger partial charge in [-0.3, -0.25) is 7.91 Å². The molecule has 2 nitrogen and oxygen atoms in total. The van der Waals surface area contributed by atoms with E-state index in [0.717, 1.165) is 3.11 Å². The number of halogens is 3. The van der Waals surface area contributed by atoms with Crippen LogP contribution in [0.4, 0.5) is 8.78 Å². The van der Waals surface area contributed by atoms with Crippen molar-refractivity contribution in [2.75, 3.05) is 0 Å². The van der Waals surface area contributed by atoms with Gasteiger partial charge in [-0.2, -0.15) is 8.78 Å². The quantitative estimate of drug-likeness (QED) is 0.479. The van der Waals surface area contributed by atoms with Crippen LogP contribution in [-0.4, -0.2) is 21.0 Å². The first-order valence-electron chi connectivity index (χ1n) is 2.82. The van der Waals surface area contributed by atoms with Crippen molar-refractivity contribution in [1.82, 2.24) is 3.11 Å². The van der Waals surface area contributed by atoms with Crippen molar-refractivity contribution in [2.45, 2.75) is 25.3 Å². The van der Waals surface area contributed by atoms with Crippen LogP contribution < -0.4 is 0 Å². The van der Waals surface area contributed by atoms with Gasteiger partial charge in [0.05, 0.1) is 22.9 Å². The van der Waals surface area contributed by atoms with Crippen molar-refractivity contribution in [3.63, 3.8) is 0 Å². The minimum absolute atomic E-state index is 0.344. The second kappa shape index (κ2) is 2.28. The highest BCUT2D eigenvalue weighted by atomic mass is 127. The third-order valence-corrected chi connectivity index (χ3v) is 2.83. The van der Waals surface area contributed by atoms with Crippen LogP contribution in [0.3, 0.4) is 0 Å². The molecule has 1 amide bonds. The van der Waals surface area contributed by atoms with Crippen molar-refractivity contribution in [2.24, 2.45) is 0 Å². The highest BCUT2D eigenvalue weighted by Crippen LogP contribution is 2.35. The Morgan fingerprint density at radius 3 is 2.40 bits per heavy atom. The number of carbonyl (C=O) groups excluding carboxylic acids is 1. The molecule has 1 heterocycles. The minimum Gasteiger partial charge on any atom is -0.277 e. The third kappa shape index (κ3) is 1.11. The Morgan fingerprint density at radius 2 is 2.30 bits per heavy atom. The van der Waals surface area contributed by atoms with Crippen LogP contribution in [0.1, 0.15) is 13.3 Å². The molecule has 1 atom stereocenters. The molecule has 1 fully saturated rings. The summed E-state index contributed by atoms with van der Waals surface area (Å²) in [6.45, 7) is 1.60. The molecular formula is C5H6F2INO. The number of amides is 1. The Labute approximate surface area is 71.1 Å². The van der Waals surface area contributed by atoms with Crippen LogP contribution in [0.2, 0.25) is 0 Å². The van der Waals surface area contributed by atoms with Gasteiger partial charge in [0.25, 0.3) is 0 Å². The van der Waals surface area contributed by atoms with Crippen LogP contribution in [0.25, 0.3) is 0 Å². The van der Waals surface area contributed by atoms with Gasteiger partial charge >= 0.3 is 11.8 Å². The van der Waals surface area contributed by atoms with E-state index < -0.39 is 11.8 Å². The molecule has 0 aromatic heterocycles. The minimum atomic E-state index is -3.12. The topological polar surface area (TPSA) is 20.3 Å². The summed E-state index contributed by atoms with van der Waals surface area (Å²) >= 11 is 1.61. The normalized spacial score (nSPS) is 31.4. The lowest BCUT2D eigenvalue weighted by Gasteiger charge is -2.09. The first-order chi connectivity index (χ1) is 4.45. The highest BCUT2D eigenvalue weighted by molar-refractivity contribution is 14.1.